The maximum absolute atomic E-state index is 12.2. The molecule has 1 aliphatic heterocycles. The molecule has 0 aliphatic carbocycles. The molecule has 1 aromatic carbocycles. The van der Waals surface area contributed by atoms with Crippen LogP contribution in [0, 0.1) is 0 Å². The molecule has 2 N–H and O–H groups in total. The summed E-state index contributed by atoms with van der Waals surface area (Å²) in [6.45, 7) is 2.77. The zero-order chi connectivity index (χ0) is 17.5. The van der Waals surface area contributed by atoms with E-state index in [1.54, 1.807) is 13.2 Å². The number of ether oxygens (including phenoxy) is 2. The van der Waals surface area contributed by atoms with Gasteiger partial charge >= 0.3 is 0 Å². The normalized spacial score (nSPS) is 17.1. The van der Waals surface area contributed by atoms with Crippen molar-refractivity contribution >= 4 is 5.91 Å². The molecule has 0 bridgehead atoms. The number of amides is 1. The molecule has 25 heavy (non-hydrogen) atoms. The second-order valence-electron chi connectivity index (χ2n) is 5.96. The Balaban J connectivity index is 1.42. The van der Waals surface area contributed by atoms with E-state index in [1.807, 2.05) is 35.1 Å². The van der Waals surface area contributed by atoms with Crippen LogP contribution < -0.4 is 20.1 Å². The van der Waals surface area contributed by atoms with Gasteiger partial charge < -0.3 is 20.1 Å². The van der Waals surface area contributed by atoms with Gasteiger partial charge in [0.1, 0.15) is 23.8 Å². The van der Waals surface area contributed by atoms with Crippen molar-refractivity contribution in [3.05, 3.63) is 42.2 Å². The number of hydrogen-bond donors (Lipinski definition) is 2. The summed E-state index contributed by atoms with van der Waals surface area (Å²) >= 11 is 0. The SMILES string of the molecule is COc1ccc(OCCNC(=O)c2ccn(C3CCCNC3)n2)cc1. The van der Waals surface area contributed by atoms with Crippen molar-refractivity contribution < 1.29 is 14.3 Å². The smallest absolute Gasteiger partial charge is 0.271 e. The minimum atomic E-state index is -0.180. The molecule has 1 atom stereocenters. The summed E-state index contributed by atoms with van der Waals surface area (Å²) in [4.78, 5) is 12.2. The fourth-order valence-corrected chi connectivity index (χ4v) is 2.82. The number of hydrogen-bond acceptors (Lipinski definition) is 5. The zero-order valence-corrected chi connectivity index (χ0v) is 14.4. The predicted molar refractivity (Wildman–Crippen MR) is 94.2 cm³/mol. The highest BCUT2D eigenvalue weighted by Crippen LogP contribution is 2.17. The molecule has 0 saturated carbocycles. The second-order valence-corrected chi connectivity index (χ2v) is 5.96. The lowest BCUT2D eigenvalue weighted by Gasteiger charge is -2.22. The second kappa shape index (κ2) is 8.53. The topological polar surface area (TPSA) is 77.4 Å². The third-order valence-electron chi connectivity index (χ3n) is 4.20. The lowest BCUT2D eigenvalue weighted by atomic mass is 10.1. The van der Waals surface area contributed by atoms with Crippen LogP contribution in [0.5, 0.6) is 11.5 Å². The van der Waals surface area contributed by atoms with E-state index < -0.39 is 0 Å². The van der Waals surface area contributed by atoms with Gasteiger partial charge in [-0.05, 0) is 49.7 Å². The van der Waals surface area contributed by atoms with Crippen LogP contribution in [0.2, 0.25) is 0 Å². The van der Waals surface area contributed by atoms with Crippen LogP contribution in [0.3, 0.4) is 0 Å². The monoisotopic (exact) mass is 344 g/mol. The maximum Gasteiger partial charge on any atom is 0.271 e. The van der Waals surface area contributed by atoms with Gasteiger partial charge in [-0.25, -0.2) is 0 Å². The molecular formula is C18H24N4O3. The van der Waals surface area contributed by atoms with Crippen molar-refractivity contribution in [3.8, 4) is 11.5 Å². The number of rotatable bonds is 7. The van der Waals surface area contributed by atoms with E-state index in [1.165, 1.54) is 0 Å². The fraction of sp³-hybridized carbons (Fsp3) is 0.444. The Bertz CT molecular complexity index is 678. The van der Waals surface area contributed by atoms with Gasteiger partial charge in [0, 0.05) is 12.7 Å². The minimum absolute atomic E-state index is 0.180. The molecule has 2 aromatic rings. The van der Waals surface area contributed by atoms with E-state index in [0.29, 0.717) is 24.9 Å². The lowest BCUT2D eigenvalue weighted by Crippen LogP contribution is -2.32. The average Bonchev–Trinajstić information content (AvgIpc) is 3.16. The Morgan fingerprint density at radius 3 is 2.84 bits per heavy atom. The van der Waals surface area contributed by atoms with Crippen LogP contribution >= 0.6 is 0 Å². The summed E-state index contributed by atoms with van der Waals surface area (Å²) in [6.07, 6.45) is 4.10. The van der Waals surface area contributed by atoms with Crippen molar-refractivity contribution in [2.24, 2.45) is 0 Å². The first-order valence-corrected chi connectivity index (χ1v) is 8.57. The molecule has 3 rings (SSSR count). The average molecular weight is 344 g/mol. The van der Waals surface area contributed by atoms with E-state index >= 15 is 0 Å². The summed E-state index contributed by atoms with van der Waals surface area (Å²) in [5, 5.41) is 10.6. The number of piperidine rings is 1. The highest BCUT2D eigenvalue weighted by Gasteiger charge is 2.17. The van der Waals surface area contributed by atoms with Gasteiger partial charge in [0.15, 0.2) is 0 Å². The molecular weight excluding hydrogens is 320 g/mol. The molecule has 2 heterocycles. The van der Waals surface area contributed by atoms with Gasteiger partial charge in [-0.3, -0.25) is 9.48 Å². The van der Waals surface area contributed by atoms with Crippen LogP contribution in [-0.2, 0) is 0 Å². The number of methoxy groups -OCH3 is 1. The standard InChI is InChI=1S/C18H24N4O3/c1-24-15-4-6-16(7-5-15)25-12-10-20-18(23)17-8-11-22(21-17)14-3-2-9-19-13-14/h4-8,11,14,19H,2-3,9-10,12-13H2,1H3,(H,20,23). The van der Waals surface area contributed by atoms with Crippen molar-refractivity contribution in [3.63, 3.8) is 0 Å². The molecule has 0 spiro atoms. The highest BCUT2D eigenvalue weighted by atomic mass is 16.5. The molecule has 1 saturated heterocycles. The molecule has 1 amide bonds. The molecule has 7 nitrogen and oxygen atoms in total. The zero-order valence-electron chi connectivity index (χ0n) is 14.4. The van der Waals surface area contributed by atoms with E-state index in [2.05, 4.69) is 15.7 Å². The van der Waals surface area contributed by atoms with Crippen LogP contribution in [0.15, 0.2) is 36.5 Å². The molecule has 1 fully saturated rings. The number of benzene rings is 1. The van der Waals surface area contributed by atoms with E-state index in [4.69, 9.17) is 9.47 Å². The Hall–Kier alpha value is -2.54. The van der Waals surface area contributed by atoms with E-state index in [-0.39, 0.29) is 5.91 Å². The summed E-state index contributed by atoms with van der Waals surface area (Å²) in [5.41, 5.74) is 0.440. The number of carbonyl (C=O) groups is 1. The molecule has 1 aliphatic rings. The predicted octanol–water partition coefficient (Wildman–Crippen LogP) is 1.62. The van der Waals surface area contributed by atoms with Gasteiger partial charge in [-0.15, -0.1) is 0 Å². The first kappa shape index (κ1) is 17.3. The van der Waals surface area contributed by atoms with E-state index in [0.717, 1.165) is 37.4 Å². The molecule has 134 valence electrons. The minimum Gasteiger partial charge on any atom is -0.497 e. The largest absolute Gasteiger partial charge is 0.497 e. The van der Waals surface area contributed by atoms with Gasteiger partial charge in [0.25, 0.3) is 5.91 Å². The number of nitrogens with one attached hydrogen (secondary N) is 2. The summed E-state index contributed by atoms with van der Waals surface area (Å²) in [5.74, 6) is 1.34. The maximum atomic E-state index is 12.2. The summed E-state index contributed by atoms with van der Waals surface area (Å²) < 4.78 is 12.6. The third-order valence-corrected chi connectivity index (χ3v) is 4.20. The highest BCUT2D eigenvalue weighted by molar-refractivity contribution is 5.92. The number of nitrogens with zero attached hydrogens (tertiary/aromatic N) is 2. The molecule has 7 heteroatoms. The fourth-order valence-electron chi connectivity index (χ4n) is 2.82. The van der Waals surface area contributed by atoms with E-state index in [9.17, 15) is 4.79 Å². The first-order chi connectivity index (χ1) is 12.3. The quantitative estimate of drug-likeness (QED) is 0.747. The number of carbonyl (C=O) groups excluding carboxylic acids is 1. The molecule has 1 aromatic heterocycles. The van der Waals surface area contributed by atoms with Crippen LogP contribution in [0.1, 0.15) is 29.4 Å². The van der Waals surface area contributed by atoms with Crippen molar-refractivity contribution in [2.75, 3.05) is 33.4 Å². The van der Waals surface area contributed by atoms with Gasteiger partial charge in [-0.1, -0.05) is 0 Å². The summed E-state index contributed by atoms with van der Waals surface area (Å²) in [6, 6.07) is 9.42. The molecule has 0 radical (unpaired) electrons. The Morgan fingerprint density at radius 1 is 1.32 bits per heavy atom. The van der Waals surface area contributed by atoms with Gasteiger partial charge in [-0.2, -0.15) is 5.10 Å². The van der Waals surface area contributed by atoms with Crippen molar-refractivity contribution in [1.82, 2.24) is 20.4 Å². The Kier molecular flexibility index (Phi) is 5.90. The van der Waals surface area contributed by atoms with Crippen LogP contribution in [0.4, 0.5) is 0 Å². The summed E-state index contributed by atoms with van der Waals surface area (Å²) in [7, 11) is 1.62. The molecule has 1 unspecified atom stereocenters. The van der Waals surface area contributed by atoms with Crippen molar-refractivity contribution in [2.45, 2.75) is 18.9 Å². The third kappa shape index (κ3) is 4.73. The van der Waals surface area contributed by atoms with Gasteiger partial charge in [0.05, 0.1) is 19.7 Å². The van der Waals surface area contributed by atoms with Crippen LogP contribution in [0.25, 0.3) is 0 Å². The number of aromatic nitrogens is 2. The van der Waals surface area contributed by atoms with Crippen LogP contribution in [-0.4, -0.2) is 49.0 Å². The Morgan fingerprint density at radius 2 is 2.12 bits per heavy atom. The van der Waals surface area contributed by atoms with Crippen molar-refractivity contribution in [1.29, 1.82) is 0 Å². The lowest BCUT2D eigenvalue weighted by molar-refractivity contribution is 0.0940. The first-order valence-electron chi connectivity index (χ1n) is 8.57. The van der Waals surface area contributed by atoms with Gasteiger partial charge in [0.2, 0.25) is 0 Å². The Labute approximate surface area is 147 Å².